The second-order valence-corrected chi connectivity index (χ2v) is 4.64. The predicted octanol–water partition coefficient (Wildman–Crippen LogP) is 3.27. The first-order valence-electron chi connectivity index (χ1n) is 6.74. The van der Waals surface area contributed by atoms with Gasteiger partial charge in [0.05, 0.1) is 11.5 Å². The largest absolute Gasteiger partial charge is 0.479 e. The summed E-state index contributed by atoms with van der Waals surface area (Å²) in [6, 6.07) is 14.1. The van der Waals surface area contributed by atoms with Gasteiger partial charge in [-0.25, -0.2) is 0 Å². The number of aliphatic hydroxyl groups is 1. The molecule has 0 bridgehead atoms. The number of hydrogen-bond donors (Lipinski definition) is 2. The van der Waals surface area contributed by atoms with Gasteiger partial charge in [0.1, 0.15) is 0 Å². The first-order chi connectivity index (χ1) is 10.5. The smallest absolute Gasteiger partial charge is 0.269 e. The zero-order valence-corrected chi connectivity index (χ0v) is 13.2. The van der Waals surface area contributed by atoms with E-state index >= 15 is 0 Å². The van der Waals surface area contributed by atoms with Crippen molar-refractivity contribution in [3.05, 3.63) is 75.8 Å². The summed E-state index contributed by atoms with van der Waals surface area (Å²) in [6.45, 7) is 1.96. The van der Waals surface area contributed by atoms with Crippen LogP contribution in [0.5, 0.6) is 0 Å². The Kier molecular flexibility index (Phi) is 6.24. The Morgan fingerprint density at radius 3 is 2.17 bits per heavy atom. The molecule has 7 heteroatoms. The quantitative estimate of drug-likeness (QED) is 0.379. The van der Waals surface area contributed by atoms with Crippen molar-refractivity contribution in [3.8, 4) is 0 Å². The highest BCUT2D eigenvalue weighted by Crippen LogP contribution is 2.32. The van der Waals surface area contributed by atoms with Gasteiger partial charge in [0, 0.05) is 12.1 Å². The number of ether oxygens (including phenoxy) is 1. The van der Waals surface area contributed by atoms with Crippen LogP contribution in [-0.2, 0) is 10.3 Å². The second-order valence-electron chi connectivity index (χ2n) is 4.64. The van der Waals surface area contributed by atoms with Gasteiger partial charge in [0.25, 0.3) is 5.69 Å². The van der Waals surface area contributed by atoms with E-state index in [2.05, 4.69) is 0 Å². The van der Waals surface area contributed by atoms with Gasteiger partial charge < -0.3 is 9.84 Å². The first kappa shape index (κ1) is 18.6. The average Bonchev–Trinajstić information content (AvgIpc) is 2.55. The monoisotopic (exact) mass is 336 g/mol. The standard InChI is InChI=1S/C16H16N2O4.ClH/c1-2-22-15(17)16(19,12-6-4-3-5-7-12)13-8-10-14(11-9-13)18(20)21;/h3-11,17,19H,2H2,1H3;1H. The predicted molar refractivity (Wildman–Crippen MR) is 89.1 cm³/mol. The van der Waals surface area contributed by atoms with Crippen LogP contribution in [0.3, 0.4) is 0 Å². The highest BCUT2D eigenvalue weighted by atomic mass is 35.5. The van der Waals surface area contributed by atoms with Crippen molar-refractivity contribution in [2.24, 2.45) is 0 Å². The lowest BCUT2D eigenvalue weighted by Gasteiger charge is -2.29. The highest BCUT2D eigenvalue weighted by molar-refractivity contribution is 5.87. The van der Waals surface area contributed by atoms with Crippen molar-refractivity contribution in [1.82, 2.24) is 0 Å². The van der Waals surface area contributed by atoms with Crippen LogP contribution in [0.25, 0.3) is 0 Å². The minimum Gasteiger partial charge on any atom is -0.479 e. The second kappa shape index (κ2) is 7.71. The topological polar surface area (TPSA) is 96.5 Å². The summed E-state index contributed by atoms with van der Waals surface area (Å²) < 4.78 is 5.19. The van der Waals surface area contributed by atoms with Crippen LogP contribution in [0.1, 0.15) is 18.1 Å². The average molecular weight is 337 g/mol. The number of halogens is 1. The van der Waals surface area contributed by atoms with Crippen molar-refractivity contribution in [1.29, 1.82) is 5.41 Å². The number of hydrogen-bond acceptors (Lipinski definition) is 5. The van der Waals surface area contributed by atoms with E-state index in [1.165, 1.54) is 24.3 Å². The number of rotatable bonds is 5. The number of nitrogens with one attached hydrogen (secondary N) is 1. The zero-order valence-electron chi connectivity index (χ0n) is 12.4. The van der Waals surface area contributed by atoms with Gasteiger partial charge in [-0.1, -0.05) is 30.3 Å². The van der Waals surface area contributed by atoms with Crippen molar-refractivity contribution in [3.63, 3.8) is 0 Å². The minimum absolute atomic E-state index is 0. The normalized spacial score (nSPS) is 12.6. The Labute approximate surface area is 139 Å². The lowest BCUT2D eigenvalue weighted by Crippen LogP contribution is -2.38. The molecule has 0 heterocycles. The van der Waals surface area contributed by atoms with E-state index < -0.39 is 10.5 Å². The lowest BCUT2D eigenvalue weighted by molar-refractivity contribution is -0.384. The van der Waals surface area contributed by atoms with E-state index in [-0.39, 0.29) is 30.6 Å². The van der Waals surface area contributed by atoms with E-state index in [9.17, 15) is 15.2 Å². The lowest BCUT2D eigenvalue weighted by atomic mass is 9.86. The SMILES string of the molecule is CCOC(=N)C(O)(c1ccccc1)c1ccc([N+](=O)[O-])cc1.Cl. The van der Waals surface area contributed by atoms with Gasteiger partial charge in [0.15, 0.2) is 5.60 Å². The third-order valence-corrected chi connectivity index (χ3v) is 3.30. The number of benzene rings is 2. The Bertz CT molecular complexity index is 676. The highest BCUT2D eigenvalue weighted by Gasteiger charge is 2.38. The summed E-state index contributed by atoms with van der Waals surface area (Å²) in [5.41, 5.74) is -1.07. The van der Waals surface area contributed by atoms with Crippen LogP contribution in [0.4, 0.5) is 5.69 Å². The van der Waals surface area contributed by atoms with Crippen molar-refractivity contribution < 1.29 is 14.8 Å². The molecule has 1 atom stereocenters. The van der Waals surface area contributed by atoms with Gasteiger partial charge in [0.2, 0.25) is 5.90 Å². The fourth-order valence-corrected chi connectivity index (χ4v) is 2.18. The van der Waals surface area contributed by atoms with Gasteiger partial charge in [-0.15, -0.1) is 12.4 Å². The molecule has 1 unspecified atom stereocenters. The summed E-state index contributed by atoms with van der Waals surface area (Å²) in [4.78, 5) is 10.2. The Hall–Kier alpha value is -2.44. The molecule has 0 aromatic heterocycles. The number of non-ortho nitro benzene ring substituents is 1. The molecule has 0 saturated heterocycles. The van der Waals surface area contributed by atoms with E-state index in [4.69, 9.17) is 10.1 Å². The van der Waals surface area contributed by atoms with Gasteiger partial charge in [-0.3, -0.25) is 15.5 Å². The molecule has 0 radical (unpaired) electrons. The maximum Gasteiger partial charge on any atom is 0.269 e. The van der Waals surface area contributed by atoms with E-state index in [0.717, 1.165) is 0 Å². The van der Waals surface area contributed by atoms with Crippen LogP contribution in [-0.4, -0.2) is 22.5 Å². The third kappa shape index (κ3) is 3.67. The fraction of sp³-hybridized carbons (Fsp3) is 0.188. The van der Waals surface area contributed by atoms with Gasteiger partial charge in [-0.05, 0) is 30.2 Å². The van der Waals surface area contributed by atoms with Crippen molar-refractivity contribution in [2.75, 3.05) is 6.61 Å². The molecule has 0 aliphatic heterocycles. The van der Waals surface area contributed by atoms with Crippen LogP contribution in [0, 0.1) is 15.5 Å². The summed E-state index contributed by atoms with van der Waals surface area (Å²) in [5, 5.41) is 29.9. The Balaban J connectivity index is 0.00000264. The molecule has 122 valence electrons. The van der Waals surface area contributed by atoms with Crippen LogP contribution >= 0.6 is 12.4 Å². The zero-order chi connectivity index (χ0) is 16.2. The number of nitro groups is 1. The van der Waals surface area contributed by atoms with E-state index in [1.807, 2.05) is 0 Å². The minimum atomic E-state index is -1.79. The van der Waals surface area contributed by atoms with Crippen molar-refractivity contribution in [2.45, 2.75) is 12.5 Å². The van der Waals surface area contributed by atoms with Crippen LogP contribution in [0.2, 0.25) is 0 Å². The van der Waals surface area contributed by atoms with E-state index in [0.29, 0.717) is 11.1 Å². The molecular weight excluding hydrogens is 320 g/mol. The molecule has 2 N–H and O–H groups in total. The summed E-state index contributed by atoms with van der Waals surface area (Å²) in [7, 11) is 0. The Morgan fingerprint density at radius 1 is 1.17 bits per heavy atom. The molecular formula is C16H17ClN2O4. The first-order valence-corrected chi connectivity index (χ1v) is 6.74. The summed E-state index contributed by atoms with van der Waals surface area (Å²) in [6.07, 6.45) is 0. The third-order valence-electron chi connectivity index (χ3n) is 3.30. The van der Waals surface area contributed by atoms with Gasteiger partial charge >= 0.3 is 0 Å². The van der Waals surface area contributed by atoms with E-state index in [1.54, 1.807) is 37.3 Å². The molecule has 2 aromatic rings. The molecule has 23 heavy (non-hydrogen) atoms. The molecule has 6 nitrogen and oxygen atoms in total. The maximum atomic E-state index is 11.1. The molecule has 0 spiro atoms. The molecule has 0 saturated carbocycles. The van der Waals surface area contributed by atoms with Gasteiger partial charge in [-0.2, -0.15) is 0 Å². The van der Waals surface area contributed by atoms with Crippen LogP contribution in [0.15, 0.2) is 54.6 Å². The molecule has 2 rings (SSSR count). The number of nitro benzene ring substituents is 1. The van der Waals surface area contributed by atoms with Crippen molar-refractivity contribution >= 4 is 24.0 Å². The number of nitrogens with zero attached hydrogens (tertiary/aromatic N) is 1. The molecule has 0 aliphatic carbocycles. The molecule has 2 aromatic carbocycles. The summed E-state index contributed by atoms with van der Waals surface area (Å²) >= 11 is 0. The molecule has 0 amide bonds. The maximum absolute atomic E-state index is 11.1. The Morgan fingerprint density at radius 2 is 1.70 bits per heavy atom. The molecule has 0 aliphatic rings. The fourth-order valence-electron chi connectivity index (χ4n) is 2.18. The van der Waals surface area contributed by atoms with Crippen LogP contribution < -0.4 is 0 Å². The molecule has 0 fully saturated rings. The summed E-state index contributed by atoms with van der Waals surface area (Å²) in [5.74, 6) is -0.324.